The molecule has 0 radical (unpaired) electrons. The Kier molecular flexibility index (Phi) is 20.7. The number of nitrogens with zero attached hydrogens (tertiary/aromatic N) is 4. The van der Waals surface area contributed by atoms with Crippen LogP contribution in [0.3, 0.4) is 0 Å². The standard InChI is InChI=1S/C49H47Cl5N8O8/c1-5-69-35-10-15-41(29(22-35)17-19-50)56-46(65)37-24-33(7-12-39(37)53)59-61-44(27(3)63)48(67)55-32-9-14-43(31(21-32)26-52)58-49(68)45(28(4)64)62-60-34-8-13-40(54)38(25-34)47(66)57-42-16-11-36(70-6-2)23-30(42)18-20-51/h7-16,21-25,44-45H,5-6,17-20,26H2,1-4H3,(H,55,67)(H,56,65)(H,57,66)(H,58,68). The highest BCUT2D eigenvalue weighted by Gasteiger charge is 2.26. The molecule has 366 valence electrons. The maximum Gasteiger partial charge on any atom is 0.258 e. The van der Waals surface area contributed by atoms with Gasteiger partial charge in [-0.2, -0.15) is 20.5 Å². The molecule has 21 heteroatoms. The van der Waals surface area contributed by atoms with E-state index in [1.165, 1.54) is 54.6 Å². The Morgan fingerprint density at radius 3 is 1.37 bits per heavy atom. The topological polar surface area (TPSA) is 218 Å². The molecule has 0 saturated carbocycles. The van der Waals surface area contributed by atoms with Crippen LogP contribution >= 0.6 is 58.0 Å². The Bertz CT molecular complexity index is 2830. The minimum absolute atomic E-state index is 0.0558. The lowest BCUT2D eigenvalue weighted by Gasteiger charge is -2.15. The van der Waals surface area contributed by atoms with Gasteiger partial charge in [0.15, 0.2) is 11.6 Å². The van der Waals surface area contributed by atoms with Gasteiger partial charge >= 0.3 is 0 Å². The number of ketones is 2. The number of anilines is 4. The van der Waals surface area contributed by atoms with Gasteiger partial charge in [0.1, 0.15) is 11.5 Å². The van der Waals surface area contributed by atoms with Crippen molar-refractivity contribution in [1.82, 2.24) is 0 Å². The molecule has 5 aromatic rings. The molecule has 0 aromatic heterocycles. The molecule has 0 heterocycles. The molecule has 5 rings (SSSR count). The van der Waals surface area contributed by atoms with Gasteiger partial charge in [-0.25, -0.2) is 0 Å². The van der Waals surface area contributed by atoms with Crippen LogP contribution in [0.5, 0.6) is 11.5 Å². The van der Waals surface area contributed by atoms with E-state index in [4.69, 9.17) is 67.5 Å². The van der Waals surface area contributed by atoms with Crippen molar-refractivity contribution in [2.75, 3.05) is 46.2 Å². The number of rotatable bonds is 23. The molecule has 0 saturated heterocycles. The molecule has 0 aliphatic heterocycles. The molecule has 70 heavy (non-hydrogen) atoms. The molecular weight excluding hydrogens is 1010 g/mol. The summed E-state index contributed by atoms with van der Waals surface area (Å²) in [6.07, 6.45) is 0.920. The fourth-order valence-corrected chi connectivity index (χ4v) is 7.63. The van der Waals surface area contributed by atoms with E-state index < -0.39 is 47.3 Å². The van der Waals surface area contributed by atoms with Crippen molar-refractivity contribution in [3.8, 4) is 11.5 Å². The molecule has 0 fully saturated rings. The summed E-state index contributed by atoms with van der Waals surface area (Å²) < 4.78 is 11.1. The summed E-state index contributed by atoms with van der Waals surface area (Å²) in [5.41, 5.74) is 3.61. The molecular formula is C49H47Cl5N8O8. The average Bonchev–Trinajstić information content (AvgIpc) is 3.32. The van der Waals surface area contributed by atoms with E-state index in [-0.39, 0.29) is 49.8 Å². The van der Waals surface area contributed by atoms with Gasteiger partial charge in [0.05, 0.1) is 45.8 Å². The van der Waals surface area contributed by atoms with Crippen molar-refractivity contribution in [3.05, 3.63) is 129 Å². The van der Waals surface area contributed by atoms with Gasteiger partial charge in [-0.15, -0.1) is 34.8 Å². The molecule has 4 amide bonds. The first-order valence-corrected chi connectivity index (χ1v) is 23.9. The van der Waals surface area contributed by atoms with E-state index in [9.17, 15) is 28.8 Å². The Hall–Kier alpha value is -6.43. The minimum Gasteiger partial charge on any atom is -0.494 e. The summed E-state index contributed by atoms with van der Waals surface area (Å²) in [6.45, 7) is 6.97. The van der Waals surface area contributed by atoms with Crippen molar-refractivity contribution in [2.24, 2.45) is 20.5 Å². The number of aryl methyl sites for hydroxylation is 2. The van der Waals surface area contributed by atoms with Crippen LogP contribution in [0.1, 0.15) is 65.1 Å². The zero-order chi connectivity index (χ0) is 50.9. The van der Waals surface area contributed by atoms with Crippen LogP contribution in [0, 0.1) is 0 Å². The second-order valence-corrected chi connectivity index (χ2v) is 16.9. The van der Waals surface area contributed by atoms with Crippen molar-refractivity contribution in [2.45, 2.75) is 58.5 Å². The number of azo groups is 2. The monoisotopic (exact) mass is 1050 g/mol. The lowest BCUT2D eigenvalue weighted by atomic mass is 10.1. The number of ether oxygens (including phenoxy) is 2. The first kappa shape index (κ1) is 54.5. The van der Waals surface area contributed by atoms with Crippen LogP contribution in [0.15, 0.2) is 111 Å². The van der Waals surface area contributed by atoms with E-state index in [1.807, 2.05) is 13.8 Å². The number of amides is 4. The molecule has 2 atom stereocenters. The molecule has 0 bridgehead atoms. The minimum atomic E-state index is -1.61. The first-order valence-electron chi connectivity index (χ1n) is 21.6. The number of alkyl halides is 3. The normalized spacial score (nSPS) is 12.0. The quantitative estimate of drug-likeness (QED) is 0.0279. The number of hydrogen-bond donors (Lipinski definition) is 4. The third kappa shape index (κ3) is 15.0. The van der Waals surface area contributed by atoms with Crippen LogP contribution in [0.4, 0.5) is 34.1 Å². The van der Waals surface area contributed by atoms with Gasteiger partial charge < -0.3 is 30.7 Å². The zero-order valence-electron chi connectivity index (χ0n) is 38.2. The smallest absolute Gasteiger partial charge is 0.258 e. The largest absolute Gasteiger partial charge is 0.494 e. The van der Waals surface area contributed by atoms with Gasteiger partial charge in [-0.3, -0.25) is 28.8 Å². The summed E-state index contributed by atoms with van der Waals surface area (Å²) in [4.78, 5) is 79.0. The number of halogens is 5. The number of carbonyl (C=O) groups is 6. The molecule has 16 nitrogen and oxygen atoms in total. The van der Waals surface area contributed by atoms with Crippen LogP contribution in [0.25, 0.3) is 0 Å². The van der Waals surface area contributed by atoms with E-state index in [2.05, 4.69) is 41.7 Å². The van der Waals surface area contributed by atoms with Gasteiger partial charge in [0, 0.05) is 40.4 Å². The molecule has 4 N–H and O–H groups in total. The van der Waals surface area contributed by atoms with Crippen molar-refractivity contribution in [1.29, 1.82) is 0 Å². The van der Waals surface area contributed by atoms with E-state index in [1.54, 1.807) is 36.4 Å². The van der Waals surface area contributed by atoms with Crippen LogP contribution in [-0.2, 0) is 37.9 Å². The van der Waals surface area contributed by atoms with Crippen molar-refractivity contribution >= 4 is 127 Å². The number of benzene rings is 5. The van der Waals surface area contributed by atoms with Crippen LogP contribution < -0.4 is 30.7 Å². The van der Waals surface area contributed by atoms with Gasteiger partial charge in [0.25, 0.3) is 23.6 Å². The Morgan fingerprint density at radius 1 is 0.529 bits per heavy atom. The lowest BCUT2D eigenvalue weighted by molar-refractivity contribution is -0.127. The molecule has 5 aromatic carbocycles. The van der Waals surface area contributed by atoms with Gasteiger partial charge in [0.2, 0.25) is 12.1 Å². The molecule has 2 unspecified atom stereocenters. The third-order valence-electron chi connectivity index (χ3n) is 10.0. The highest BCUT2D eigenvalue weighted by molar-refractivity contribution is 6.35. The summed E-state index contributed by atoms with van der Waals surface area (Å²) in [5, 5.41) is 27.3. The summed E-state index contributed by atoms with van der Waals surface area (Å²) >= 11 is 31.1. The first-order chi connectivity index (χ1) is 33.6. The van der Waals surface area contributed by atoms with Crippen molar-refractivity contribution < 1.29 is 38.2 Å². The highest BCUT2D eigenvalue weighted by Crippen LogP contribution is 2.30. The lowest BCUT2D eigenvalue weighted by Crippen LogP contribution is -2.32. The SMILES string of the molecule is CCOc1ccc(NC(=O)c2cc(N=NC(C(C)=O)C(=O)Nc3ccc(NC(=O)C(N=Nc4ccc(Cl)c(C(=O)Nc5ccc(OCC)cc5CCCl)c4)C(C)=O)c(CCl)c3)ccc2Cl)c(CCCl)c1. The zero-order valence-corrected chi connectivity index (χ0v) is 42.0. The fourth-order valence-electron chi connectivity index (χ4n) is 6.59. The Morgan fingerprint density at radius 2 is 0.957 bits per heavy atom. The summed E-state index contributed by atoms with van der Waals surface area (Å²) in [6, 6.07) is 20.1. The van der Waals surface area contributed by atoms with E-state index >= 15 is 0 Å². The maximum atomic E-state index is 13.5. The van der Waals surface area contributed by atoms with E-state index in [0.717, 1.165) is 25.0 Å². The predicted octanol–water partition coefficient (Wildman–Crippen LogP) is 12.0. The summed E-state index contributed by atoms with van der Waals surface area (Å²) in [5.74, 6) is -2.35. The highest BCUT2D eigenvalue weighted by atomic mass is 35.5. The van der Waals surface area contributed by atoms with E-state index in [0.29, 0.717) is 66.3 Å². The Balaban J connectivity index is 1.25. The number of nitrogens with one attached hydrogen (secondary N) is 4. The predicted molar refractivity (Wildman–Crippen MR) is 274 cm³/mol. The average molecular weight is 1050 g/mol. The summed E-state index contributed by atoms with van der Waals surface area (Å²) in [7, 11) is 0. The second kappa shape index (κ2) is 26.5. The fraction of sp³-hybridized carbons (Fsp3) is 0.265. The van der Waals surface area contributed by atoms with Gasteiger partial charge in [-0.05, 0) is 148 Å². The number of carbonyl (C=O) groups excluding carboxylic acids is 6. The maximum absolute atomic E-state index is 13.5. The van der Waals surface area contributed by atoms with Gasteiger partial charge in [-0.1, -0.05) is 23.2 Å². The molecule has 0 aliphatic rings. The van der Waals surface area contributed by atoms with Crippen molar-refractivity contribution in [3.63, 3.8) is 0 Å². The van der Waals surface area contributed by atoms with Crippen LogP contribution in [-0.4, -0.2) is 72.3 Å². The molecule has 0 aliphatic carbocycles. The second-order valence-electron chi connectivity index (χ2n) is 15.1. The molecule has 0 spiro atoms. The third-order valence-corrected chi connectivity index (χ3v) is 11.3. The number of Topliss-reactive ketones (excluding diaryl/α,β-unsaturated/α-hetero) is 2. The van der Waals surface area contributed by atoms with Crippen LogP contribution in [0.2, 0.25) is 10.0 Å². The number of hydrogen-bond acceptors (Lipinski definition) is 12. The Labute approximate surface area is 428 Å².